The molecule has 5 aliphatic carbocycles. The summed E-state index contributed by atoms with van der Waals surface area (Å²) in [6, 6.07) is 37.0. The summed E-state index contributed by atoms with van der Waals surface area (Å²) in [4.78, 5) is 28.5. The van der Waals surface area contributed by atoms with Crippen LogP contribution in [0.3, 0.4) is 0 Å². The smallest absolute Gasteiger partial charge is 0.354 e. The Bertz CT molecular complexity index is 3100. The molecule has 0 radical (unpaired) electrons. The van der Waals surface area contributed by atoms with Gasteiger partial charge in [0.25, 0.3) is 0 Å². The van der Waals surface area contributed by atoms with E-state index in [9.17, 15) is 14.7 Å². The van der Waals surface area contributed by atoms with E-state index in [2.05, 4.69) is 157 Å². The number of allylic oxidation sites excluding steroid dienone is 8. The molecule has 5 aromatic rings. The second-order valence-corrected chi connectivity index (χ2v) is 20.3. The summed E-state index contributed by atoms with van der Waals surface area (Å²) < 4.78 is 0. The van der Waals surface area contributed by atoms with E-state index in [1.165, 1.54) is 44.3 Å². The number of nitrogens with zero attached hydrogens (tertiary/aromatic N) is 1. The number of quaternary nitrogens is 1. The zero-order valence-corrected chi connectivity index (χ0v) is 41.4. The molecule has 2 atom stereocenters. The summed E-state index contributed by atoms with van der Waals surface area (Å²) in [5.74, 6) is -1.58. The van der Waals surface area contributed by atoms with Crippen LogP contribution in [0.2, 0.25) is 0 Å². The standard InChI is InChI=1S/C63H65N3O3/c1-8-61(9-2)50-24-18-17-23-45(50)47-31-27-42(37-53(47)61)66(44-29-33-51-55(39-44)63(12-5,13-6)56-25-19-20-34-60(51,56)7)43-28-32-48-46-30-26-40(36-52(46)62(10-3,11-4)54(48)38-43)35-49(57(64)59(68)69)58(67)65-41-21-15-14-16-22-41/h14-17,19-23,25-39,56,64H,8-13,18,24H2,1-7H3,(H,65,67)(H,68,69)/p+1/b49-35-,64-57?. The number of rotatable bonds is 14. The summed E-state index contributed by atoms with van der Waals surface area (Å²) in [5, 5.41) is 19.9. The lowest BCUT2D eigenvalue weighted by Gasteiger charge is -2.40. The Kier molecular flexibility index (Phi) is 11.6. The van der Waals surface area contributed by atoms with E-state index >= 15 is 0 Å². The van der Waals surface area contributed by atoms with E-state index in [0.717, 1.165) is 79.6 Å². The number of anilines is 3. The number of carboxylic acids is 1. The maximum atomic E-state index is 13.7. The summed E-state index contributed by atoms with van der Waals surface area (Å²) in [6.45, 7) is 16.5. The minimum Gasteiger partial charge on any atom is -0.477 e. The van der Waals surface area contributed by atoms with Gasteiger partial charge in [0.1, 0.15) is 11.3 Å². The number of nitrogens with one attached hydrogen (secondary N) is 1. The number of hydrogen-bond donors (Lipinski definition) is 3. The first-order valence-electron chi connectivity index (χ1n) is 25.5. The van der Waals surface area contributed by atoms with Gasteiger partial charge in [-0.25, -0.2) is 14.9 Å². The lowest BCUT2D eigenvalue weighted by atomic mass is 9.63. The van der Waals surface area contributed by atoms with E-state index in [-0.39, 0.29) is 27.2 Å². The normalized spacial score (nSPS) is 20.4. The number of benzene rings is 5. The number of carbonyl (C=O) groups is 2. The van der Waals surface area contributed by atoms with Crippen LogP contribution in [-0.4, -0.2) is 22.7 Å². The molecule has 6 nitrogen and oxygen atoms in total. The predicted molar refractivity (Wildman–Crippen MR) is 283 cm³/mol. The van der Waals surface area contributed by atoms with Crippen molar-refractivity contribution in [3.05, 3.63) is 190 Å². The van der Waals surface area contributed by atoms with E-state index < -0.39 is 17.6 Å². The van der Waals surface area contributed by atoms with E-state index in [1.54, 1.807) is 23.8 Å². The average Bonchev–Trinajstić information content (AvgIpc) is 3.91. The third-order valence-electron chi connectivity index (χ3n) is 17.8. The first kappa shape index (κ1) is 46.1. The highest BCUT2D eigenvalue weighted by Gasteiger charge is 2.55. The van der Waals surface area contributed by atoms with Crippen LogP contribution in [-0.2, 0) is 31.2 Å². The molecule has 0 saturated carbocycles. The average molecular weight is 913 g/mol. The zero-order valence-electron chi connectivity index (χ0n) is 41.4. The Morgan fingerprint density at radius 1 is 0.696 bits per heavy atom. The molecular weight excluding hydrogens is 847 g/mol. The Labute approximate surface area is 408 Å². The van der Waals surface area contributed by atoms with Crippen molar-refractivity contribution in [1.29, 1.82) is 5.41 Å². The number of fused-ring (bicyclic) bond motifs is 8. The molecule has 10 rings (SSSR count). The van der Waals surface area contributed by atoms with E-state index in [0.29, 0.717) is 17.2 Å². The van der Waals surface area contributed by atoms with Crippen molar-refractivity contribution in [3.63, 3.8) is 0 Å². The molecule has 0 aromatic heterocycles. The van der Waals surface area contributed by atoms with E-state index in [1.807, 2.05) is 24.3 Å². The van der Waals surface area contributed by atoms with Gasteiger partial charge in [-0.3, -0.25) is 5.41 Å². The van der Waals surface area contributed by atoms with Gasteiger partial charge >= 0.3 is 11.9 Å². The third kappa shape index (κ3) is 6.80. The summed E-state index contributed by atoms with van der Waals surface area (Å²) in [7, 11) is 0. The van der Waals surface area contributed by atoms with Gasteiger partial charge in [0.15, 0.2) is 5.71 Å². The summed E-state index contributed by atoms with van der Waals surface area (Å²) in [6.07, 6.45) is 23.8. The fourth-order valence-electron chi connectivity index (χ4n) is 14.0. The number of primary amides is 1. The topological polar surface area (TPSA) is 98.1 Å². The molecule has 0 heterocycles. The lowest BCUT2D eigenvalue weighted by Crippen LogP contribution is -2.83. The number of para-hydroxylation sites is 1. The largest absolute Gasteiger partial charge is 0.477 e. The highest BCUT2D eigenvalue weighted by molar-refractivity contribution is 6.48. The lowest BCUT2D eigenvalue weighted by molar-refractivity contribution is -0.478. The van der Waals surface area contributed by atoms with Crippen LogP contribution in [0.15, 0.2) is 151 Å². The van der Waals surface area contributed by atoms with Gasteiger partial charge in [0.05, 0.1) is 0 Å². The van der Waals surface area contributed by atoms with E-state index in [4.69, 9.17) is 5.41 Å². The molecule has 0 saturated heterocycles. The van der Waals surface area contributed by atoms with Gasteiger partial charge in [0.2, 0.25) is 0 Å². The number of aliphatic carboxylic acids is 1. The Morgan fingerprint density at radius 2 is 1.29 bits per heavy atom. The minimum absolute atomic E-state index is 0.00183. The molecule has 6 heteroatoms. The first-order valence-corrected chi connectivity index (χ1v) is 25.5. The molecule has 2 unspecified atom stereocenters. The van der Waals surface area contributed by atoms with Gasteiger partial charge in [-0.05, 0) is 168 Å². The molecule has 5 aliphatic rings. The van der Waals surface area contributed by atoms with Crippen LogP contribution in [0.1, 0.15) is 139 Å². The highest BCUT2D eigenvalue weighted by Crippen LogP contribution is 2.61. The number of carboxylic acid groups (broad SMARTS) is 1. The van der Waals surface area contributed by atoms with Crippen LogP contribution in [0.4, 0.5) is 22.7 Å². The molecule has 5 aromatic carbocycles. The molecule has 0 fully saturated rings. The Balaban J connectivity index is 1.14. The molecule has 0 bridgehead atoms. The molecule has 1 amide bonds. The second-order valence-electron chi connectivity index (χ2n) is 20.3. The van der Waals surface area contributed by atoms with Gasteiger partial charge < -0.3 is 10.0 Å². The third-order valence-corrected chi connectivity index (χ3v) is 17.8. The zero-order chi connectivity index (χ0) is 48.5. The van der Waals surface area contributed by atoms with Gasteiger partial charge in [-0.15, -0.1) is 0 Å². The number of nitrogens with two attached hydrogens (primary N) is 1. The van der Waals surface area contributed by atoms with Crippen LogP contribution in [0, 0.1) is 11.3 Å². The SMILES string of the molecule is CCC1(CC)C2=C(C=CCC2)c2ccc(N(c3ccc4c(c3)C(CC)(CC)c3cc(/C=C(/C(=N)C(=O)O)C(=O)[NH2+]c5ccccc5)ccc3-4)c3ccc4c(c3)C(CC)(CC)C3C=CC=CC43C)cc21. The number of carbonyl (C=O) groups excluding carboxylic acids is 1. The van der Waals surface area contributed by atoms with Crippen molar-refractivity contribution in [3.8, 4) is 11.1 Å². The molecule has 4 N–H and O–H groups in total. The van der Waals surface area contributed by atoms with Crippen molar-refractivity contribution in [2.45, 2.75) is 121 Å². The first-order chi connectivity index (χ1) is 33.4. The van der Waals surface area contributed by atoms with Crippen molar-refractivity contribution in [1.82, 2.24) is 0 Å². The number of amides is 1. The van der Waals surface area contributed by atoms with Crippen molar-refractivity contribution < 1.29 is 20.0 Å². The van der Waals surface area contributed by atoms with Gasteiger partial charge in [-0.1, -0.05) is 145 Å². The molecule has 0 aliphatic heterocycles. The van der Waals surface area contributed by atoms with Crippen LogP contribution in [0.25, 0.3) is 22.8 Å². The minimum atomic E-state index is -1.44. The quantitative estimate of drug-likeness (QED) is 0.0587. The maximum Gasteiger partial charge on any atom is 0.354 e. The van der Waals surface area contributed by atoms with Crippen LogP contribution < -0.4 is 10.2 Å². The maximum absolute atomic E-state index is 13.7. The van der Waals surface area contributed by atoms with Crippen molar-refractivity contribution in [2.75, 3.05) is 4.90 Å². The molecule has 69 heavy (non-hydrogen) atoms. The van der Waals surface area contributed by atoms with Crippen LogP contribution in [0.5, 0.6) is 0 Å². The van der Waals surface area contributed by atoms with Gasteiger partial charge in [-0.2, -0.15) is 0 Å². The monoisotopic (exact) mass is 913 g/mol. The molecule has 0 spiro atoms. The Hall–Kier alpha value is -6.63. The summed E-state index contributed by atoms with van der Waals surface area (Å²) in [5.41, 5.74) is 16.9. The fraction of sp³-hybridized carbons (Fsp3) is 0.317. The second kappa shape index (κ2) is 17.4. The summed E-state index contributed by atoms with van der Waals surface area (Å²) >= 11 is 0. The molecular formula is C63H66N3O3+. The number of hydrogen-bond acceptors (Lipinski definition) is 4. The van der Waals surface area contributed by atoms with Crippen LogP contribution >= 0.6 is 0 Å². The van der Waals surface area contributed by atoms with Gasteiger partial charge in [0, 0.05) is 38.7 Å². The van der Waals surface area contributed by atoms with Crippen molar-refractivity contribution >= 4 is 52.0 Å². The Morgan fingerprint density at radius 3 is 1.93 bits per heavy atom. The fourth-order valence-corrected chi connectivity index (χ4v) is 14.0. The molecule has 350 valence electrons. The predicted octanol–water partition coefficient (Wildman–Crippen LogP) is 14.4. The highest BCUT2D eigenvalue weighted by atomic mass is 16.4. The van der Waals surface area contributed by atoms with Crippen molar-refractivity contribution in [2.24, 2.45) is 5.92 Å².